The summed E-state index contributed by atoms with van der Waals surface area (Å²) in [5.74, 6) is 0. The van der Waals surface area contributed by atoms with E-state index in [1.807, 2.05) is 60.7 Å². The van der Waals surface area contributed by atoms with Crippen LogP contribution >= 0.6 is 7.92 Å². The van der Waals surface area contributed by atoms with Crippen molar-refractivity contribution >= 4 is 23.8 Å². The lowest BCUT2D eigenvalue weighted by atomic mass is 10.2. The predicted molar refractivity (Wildman–Crippen MR) is 90.2 cm³/mol. The molecule has 0 saturated heterocycles. The van der Waals surface area contributed by atoms with E-state index < -0.39 is 19.7 Å². The molecule has 0 nitrogen and oxygen atoms in total. The van der Waals surface area contributed by atoms with E-state index >= 15 is 0 Å². The van der Waals surface area contributed by atoms with E-state index in [0.717, 1.165) is 16.7 Å². The first-order valence-electron chi connectivity index (χ1n) is 7.13. The molecule has 0 spiro atoms. The Bertz CT molecular complexity index is 728. The van der Waals surface area contributed by atoms with Crippen LogP contribution < -0.4 is 15.9 Å². The Balaban J connectivity index is 2.14. The molecule has 0 aliphatic rings. The van der Waals surface area contributed by atoms with Crippen molar-refractivity contribution in [1.29, 1.82) is 0 Å². The van der Waals surface area contributed by atoms with Crippen molar-refractivity contribution < 1.29 is 13.2 Å². The van der Waals surface area contributed by atoms with Crippen LogP contribution in [0.15, 0.2) is 84.9 Å². The smallest absolute Gasteiger partial charge is 0.166 e. The van der Waals surface area contributed by atoms with Gasteiger partial charge in [0, 0.05) is 0 Å². The van der Waals surface area contributed by atoms with Crippen LogP contribution in [0.2, 0.25) is 0 Å². The lowest BCUT2D eigenvalue weighted by molar-refractivity contribution is -0.137. The average molecular weight is 330 g/mol. The monoisotopic (exact) mass is 330 g/mol. The Morgan fingerprint density at radius 1 is 0.565 bits per heavy atom. The molecular formula is C19H14F3P. The molecule has 0 saturated carbocycles. The molecule has 0 unspecified atom stereocenters. The van der Waals surface area contributed by atoms with Gasteiger partial charge in [-0.1, -0.05) is 72.8 Å². The second-order valence-electron chi connectivity index (χ2n) is 5.05. The summed E-state index contributed by atoms with van der Waals surface area (Å²) in [6.45, 7) is 0. The largest absolute Gasteiger partial charge is 0.416 e. The number of rotatable bonds is 3. The molecule has 0 aliphatic heterocycles. The molecule has 4 heteroatoms. The Hall–Kier alpha value is -2.12. The predicted octanol–water partition coefficient (Wildman–Crippen LogP) is 4.46. The van der Waals surface area contributed by atoms with E-state index in [4.69, 9.17) is 0 Å². The molecule has 23 heavy (non-hydrogen) atoms. The molecule has 0 aliphatic carbocycles. The van der Waals surface area contributed by atoms with Crippen LogP contribution in [0.5, 0.6) is 0 Å². The van der Waals surface area contributed by atoms with Crippen LogP contribution in [0.25, 0.3) is 0 Å². The number of halogens is 3. The summed E-state index contributed by atoms with van der Waals surface area (Å²) < 4.78 is 39.1. The highest BCUT2D eigenvalue weighted by atomic mass is 31.1. The highest BCUT2D eigenvalue weighted by Crippen LogP contribution is 2.35. The third-order valence-electron chi connectivity index (χ3n) is 3.46. The van der Waals surface area contributed by atoms with E-state index in [-0.39, 0.29) is 0 Å². The van der Waals surface area contributed by atoms with Crippen molar-refractivity contribution in [2.45, 2.75) is 6.18 Å². The first-order valence-corrected chi connectivity index (χ1v) is 8.47. The van der Waals surface area contributed by atoms with Gasteiger partial charge in [0.15, 0.2) is 0 Å². The summed E-state index contributed by atoms with van der Waals surface area (Å²) in [5, 5.41) is 2.77. The van der Waals surface area contributed by atoms with Gasteiger partial charge in [0.05, 0.1) is 5.56 Å². The Morgan fingerprint density at radius 2 is 1.04 bits per heavy atom. The van der Waals surface area contributed by atoms with E-state index in [2.05, 4.69) is 0 Å². The lowest BCUT2D eigenvalue weighted by Crippen LogP contribution is -2.21. The van der Waals surface area contributed by atoms with Crippen molar-refractivity contribution in [1.82, 2.24) is 0 Å². The molecule has 0 heterocycles. The molecule has 116 valence electrons. The van der Waals surface area contributed by atoms with Crippen LogP contribution in [0, 0.1) is 0 Å². The minimum Gasteiger partial charge on any atom is -0.166 e. The van der Waals surface area contributed by atoms with Gasteiger partial charge in [0.25, 0.3) is 0 Å². The van der Waals surface area contributed by atoms with Crippen LogP contribution in [-0.4, -0.2) is 0 Å². The molecule has 3 rings (SSSR count). The third kappa shape index (κ3) is 3.62. The third-order valence-corrected chi connectivity index (χ3v) is 5.88. The zero-order chi connectivity index (χ0) is 16.3. The quantitative estimate of drug-likeness (QED) is 0.622. The SMILES string of the molecule is FC(F)(F)c1cccc(P(c2ccccc2)c2ccccc2)c1. The first-order chi connectivity index (χ1) is 11.1. The van der Waals surface area contributed by atoms with E-state index in [1.165, 1.54) is 12.1 Å². The number of hydrogen-bond donors (Lipinski definition) is 0. The van der Waals surface area contributed by atoms with Gasteiger partial charge in [-0.15, -0.1) is 0 Å². The Morgan fingerprint density at radius 3 is 1.52 bits per heavy atom. The number of hydrogen-bond acceptors (Lipinski definition) is 0. The maximum Gasteiger partial charge on any atom is 0.416 e. The fourth-order valence-electron chi connectivity index (χ4n) is 2.42. The van der Waals surface area contributed by atoms with Gasteiger partial charge in [-0.25, -0.2) is 0 Å². The minimum absolute atomic E-state index is 0.602. The van der Waals surface area contributed by atoms with Crippen molar-refractivity contribution in [2.24, 2.45) is 0 Å². The summed E-state index contributed by atoms with van der Waals surface area (Å²) in [4.78, 5) is 0. The van der Waals surface area contributed by atoms with Gasteiger partial charge >= 0.3 is 6.18 Å². The van der Waals surface area contributed by atoms with Crippen molar-refractivity contribution in [3.8, 4) is 0 Å². The zero-order valence-corrected chi connectivity index (χ0v) is 13.1. The number of benzene rings is 3. The molecule has 0 amide bonds. The highest BCUT2D eigenvalue weighted by molar-refractivity contribution is 7.79. The summed E-state index contributed by atoms with van der Waals surface area (Å²) in [6, 6.07) is 25.0. The number of alkyl halides is 3. The molecule has 0 atom stereocenters. The molecule has 0 N–H and O–H groups in total. The van der Waals surface area contributed by atoms with Crippen molar-refractivity contribution in [3.05, 3.63) is 90.5 Å². The van der Waals surface area contributed by atoms with Gasteiger partial charge in [-0.2, -0.15) is 13.2 Å². The zero-order valence-electron chi connectivity index (χ0n) is 12.2. The van der Waals surface area contributed by atoms with E-state index in [0.29, 0.717) is 5.30 Å². The van der Waals surface area contributed by atoms with E-state index in [1.54, 1.807) is 6.07 Å². The molecular weight excluding hydrogens is 316 g/mol. The van der Waals surface area contributed by atoms with Gasteiger partial charge in [0.1, 0.15) is 0 Å². The second kappa shape index (κ2) is 6.55. The highest BCUT2D eigenvalue weighted by Gasteiger charge is 2.31. The van der Waals surface area contributed by atoms with E-state index in [9.17, 15) is 13.2 Å². The maximum atomic E-state index is 13.0. The fraction of sp³-hybridized carbons (Fsp3) is 0.0526. The van der Waals surface area contributed by atoms with Crippen LogP contribution in [0.1, 0.15) is 5.56 Å². The summed E-state index contributed by atoms with van der Waals surface area (Å²) in [7, 11) is -1.01. The molecule has 0 radical (unpaired) electrons. The summed E-state index contributed by atoms with van der Waals surface area (Å²) in [5.41, 5.74) is -0.602. The van der Waals surface area contributed by atoms with Gasteiger partial charge in [-0.05, 0) is 36.0 Å². The summed E-state index contributed by atoms with van der Waals surface area (Å²) in [6.07, 6.45) is -4.33. The van der Waals surface area contributed by atoms with Gasteiger partial charge in [-0.3, -0.25) is 0 Å². The normalized spacial score (nSPS) is 11.7. The molecule has 0 aromatic heterocycles. The molecule has 3 aromatic carbocycles. The molecule has 0 bridgehead atoms. The van der Waals surface area contributed by atoms with Crippen LogP contribution in [-0.2, 0) is 6.18 Å². The topological polar surface area (TPSA) is 0 Å². The minimum atomic E-state index is -4.33. The average Bonchev–Trinajstić information content (AvgIpc) is 2.57. The lowest BCUT2D eigenvalue weighted by Gasteiger charge is -2.20. The van der Waals surface area contributed by atoms with Gasteiger partial charge < -0.3 is 0 Å². The summed E-state index contributed by atoms with van der Waals surface area (Å²) >= 11 is 0. The van der Waals surface area contributed by atoms with Crippen LogP contribution in [0.4, 0.5) is 13.2 Å². The second-order valence-corrected chi connectivity index (χ2v) is 7.27. The molecule has 0 fully saturated rings. The van der Waals surface area contributed by atoms with Crippen molar-refractivity contribution in [2.75, 3.05) is 0 Å². The Labute approximate surface area is 134 Å². The van der Waals surface area contributed by atoms with Gasteiger partial charge in [0.2, 0.25) is 0 Å². The standard InChI is InChI=1S/C19H14F3P/c20-19(21,22)15-8-7-13-18(14-15)23(16-9-3-1-4-10-16)17-11-5-2-6-12-17/h1-14H. The maximum absolute atomic E-state index is 13.0. The van der Waals surface area contributed by atoms with Crippen molar-refractivity contribution in [3.63, 3.8) is 0 Å². The van der Waals surface area contributed by atoms with Crippen LogP contribution in [0.3, 0.4) is 0 Å². The Kier molecular flexibility index (Phi) is 4.49. The first kappa shape index (κ1) is 15.8. The molecule has 3 aromatic rings. The fourth-order valence-corrected chi connectivity index (χ4v) is 4.76.